The number of nitrogens with zero attached hydrogens (tertiary/aromatic N) is 2. The number of carbonyl (C=O) groups excluding carboxylic acids is 1. The van der Waals surface area contributed by atoms with Gasteiger partial charge in [0, 0.05) is 38.4 Å². The Labute approximate surface area is 149 Å². The second kappa shape index (κ2) is 8.62. The molecule has 1 aliphatic rings. The first-order valence-electron chi connectivity index (χ1n) is 8.89. The summed E-state index contributed by atoms with van der Waals surface area (Å²) in [5, 5.41) is 3.37. The van der Waals surface area contributed by atoms with Gasteiger partial charge in [-0.05, 0) is 42.7 Å². The van der Waals surface area contributed by atoms with Gasteiger partial charge in [-0.1, -0.05) is 18.2 Å². The van der Waals surface area contributed by atoms with Crippen molar-refractivity contribution in [1.82, 2.24) is 15.2 Å². The Bertz CT molecular complexity index is 673. The zero-order valence-corrected chi connectivity index (χ0v) is 14.6. The zero-order chi connectivity index (χ0) is 17.5. The molecule has 3 rings (SSSR count). The minimum atomic E-state index is 0.0651. The fourth-order valence-corrected chi connectivity index (χ4v) is 3.19. The van der Waals surface area contributed by atoms with E-state index in [2.05, 4.69) is 10.3 Å². The van der Waals surface area contributed by atoms with Crippen LogP contribution in [-0.2, 0) is 11.2 Å². The second-order valence-corrected chi connectivity index (χ2v) is 6.17. The molecule has 5 nitrogen and oxygen atoms in total. The second-order valence-electron chi connectivity index (χ2n) is 6.17. The summed E-state index contributed by atoms with van der Waals surface area (Å²) in [5.41, 5.74) is 2.24. The molecule has 132 valence electrons. The summed E-state index contributed by atoms with van der Waals surface area (Å²) in [6, 6.07) is 12.0. The lowest BCUT2D eigenvalue weighted by molar-refractivity contribution is -0.134. The Morgan fingerprint density at radius 2 is 2.16 bits per heavy atom. The molecule has 5 heteroatoms. The first-order valence-corrected chi connectivity index (χ1v) is 8.89. The van der Waals surface area contributed by atoms with E-state index in [4.69, 9.17) is 4.74 Å². The minimum absolute atomic E-state index is 0.0651. The molecule has 2 aromatic rings. The molecule has 1 saturated heterocycles. The van der Waals surface area contributed by atoms with Crippen LogP contribution in [0.2, 0.25) is 0 Å². The maximum Gasteiger partial charge on any atom is 0.223 e. The summed E-state index contributed by atoms with van der Waals surface area (Å²) in [6.07, 6.45) is 4.88. The molecular weight excluding hydrogens is 314 g/mol. The van der Waals surface area contributed by atoms with E-state index in [0.29, 0.717) is 13.0 Å². The lowest BCUT2D eigenvalue weighted by Crippen LogP contribution is -2.48. The van der Waals surface area contributed by atoms with Gasteiger partial charge in [0.1, 0.15) is 5.75 Å². The summed E-state index contributed by atoms with van der Waals surface area (Å²) in [5.74, 6) is 1.07. The number of benzene rings is 1. The van der Waals surface area contributed by atoms with E-state index in [0.717, 1.165) is 42.9 Å². The Kier molecular flexibility index (Phi) is 6.01. The average molecular weight is 339 g/mol. The van der Waals surface area contributed by atoms with Crippen LogP contribution in [-0.4, -0.2) is 42.0 Å². The summed E-state index contributed by atoms with van der Waals surface area (Å²) < 4.78 is 5.46. The molecule has 1 N–H and O–H groups in total. The SMILES string of the molecule is CCOc1ccc(CCC(=O)N2CCNCC2c2cccnc2)cc1. The number of carbonyl (C=O) groups is 1. The molecule has 0 bridgehead atoms. The van der Waals surface area contributed by atoms with Gasteiger partial charge in [0.2, 0.25) is 5.91 Å². The molecule has 0 aliphatic carbocycles. The van der Waals surface area contributed by atoms with Crippen LogP contribution < -0.4 is 10.1 Å². The Hall–Kier alpha value is -2.40. The first-order chi connectivity index (χ1) is 12.3. The van der Waals surface area contributed by atoms with Gasteiger partial charge in [-0.2, -0.15) is 0 Å². The highest BCUT2D eigenvalue weighted by Gasteiger charge is 2.27. The number of pyridine rings is 1. The van der Waals surface area contributed by atoms with Gasteiger partial charge in [-0.3, -0.25) is 9.78 Å². The molecule has 1 atom stereocenters. The van der Waals surface area contributed by atoms with Crippen LogP contribution in [0.3, 0.4) is 0 Å². The number of nitrogens with one attached hydrogen (secondary N) is 1. The van der Waals surface area contributed by atoms with Crippen LogP contribution >= 0.6 is 0 Å². The maximum absolute atomic E-state index is 12.8. The van der Waals surface area contributed by atoms with Crippen LogP contribution in [0.5, 0.6) is 5.75 Å². The topological polar surface area (TPSA) is 54.5 Å². The Morgan fingerprint density at radius 3 is 2.88 bits per heavy atom. The fraction of sp³-hybridized carbons (Fsp3) is 0.400. The molecular formula is C20H25N3O2. The van der Waals surface area contributed by atoms with Crippen molar-refractivity contribution < 1.29 is 9.53 Å². The molecule has 0 radical (unpaired) electrons. The van der Waals surface area contributed by atoms with E-state index in [1.807, 2.05) is 54.4 Å². The van der Waals surface area contributed by atoms with Gasteiger partial charge in [0.15, 0.2) is 0 Å². The van der Waals surface area contributed by atoms with E-state index in [1.54, 1.807) is 6.20 Å². The number of piperazine rings is 1. The number of amides is 1. The predicted octanol–water partition coefficient (Wildman–Crippen LogP) is 2.59. The van der Waals surface area contributed by atoms with Crippen molar-refractivity contribution in [3.8, 4) is 5.75 Å². The number of ether oxygens (including phenoxy) is 1. The third-order valence-electron chi connectivity index (χ3n) is 4.49. The van der Waals surface area contributed by atoms with Crippen LogP contribution in [0, 0.1) is 0 Å². The summed E-state index contributed by atoms with van der Waals surface area (Å²) >= 11 is 0. The van der Waals surface area contributed by atoms with Crippen LogP contribution in [0.1, 0.15) is 30.5 Å². The van der Waals surface area contributed by atoms with E-state index >= 15 is 0 Å². The third-order valence-corrected chi connectivity index (χ3v) is 4.49. The summed E-state index contributed by atoms with van der Waals surface area (Å²) in [6.45, 7) is 4.99. The van der Waals surface area contributed by atoms with Crippen molar-refractivity contribution in [3.05, 3.63) is 59.9 Å². The first kappa shape index (κ1) is 17.4. The molecule has 1 fully saturated rings. The highest BCUT2D eigenvalue weighted by Crippen LogP contribution is 2.23. The molecule has 1 aromatic carbocycles. The third kappa shape index (κ3) is 4.57. The number of hydrogen-bond acceptors (Lipinski definition) is 4. The molecule has 1 amide bonds. The number of aromatic nitrogens is 1. The lowest BCUT2D eigenvalue weighted by Gasteiger charge is -2.36. The number of hydrogen-bond donors (Lipinski definition) is 1. The number of rotatable bonds is 6. The average Bonchev–Trinajstić information content (AvgIpc) is 2.68. The van der Waals surface area contributed by atoms with Crippen molar-refractivity contribution in [2.24, 2.45) is 0 Å². The van der Waals surface area contributed by atoms with Crippen molar-refractivity contribution in [1.29, 1.82) is 0 Å². The molecule has 1 aliphatic heterocycles. The molecule has 0 saturated carbocycles. The van der Waals surface area contributed by atoms with E-state index in [9.17, 15) is 4.79 Å². The fourth-order valence-electron chi connectivity index (χ4n) is 3.19. The highest BCUT2D eigenvalue weighted by molar-refractivity contribution is 5.77. The molecule has 0 spiro atoms. The summed E-state index contributed by atoms with van der Waals surface area (Å²) in [7, 11) is 0. The normalized spacial score (nSPS) is 17.3. The van der Waals surface area contributed by atoms with Gasteiger partial charge in [-0.15, -0.1) is 0 Å². The zero-order valence-electron chi connectivity index (χ0n) is 14.6. The minimum Gasteiger partial charge on any atom is -0.494 e. The van der Waals surface area contributed by atoms with Gasteiger partial charge >= 0.3 is 0 Å². The monoisotopic (exact) mass is 339 g/mol. The highest BCUT2D eigenvalue weighted by atomic mass is 16.5. The quantitative estimate of drug-likeness (QED) is 0.879. The van der Waals surface area contributed by atoms with Gasteiger partial charge in [-0.25, -0.2) is 0 Å². The van der Waals surface area contributed by atoms with Crippen LogP contribution in [0.4, 0.5) is 0 Å². The van der Waals surface area contributed by atoms with E-state index in [1.165, 1.54) is 0 Å². The lowest BCUT2D eigenvalue weighted by atomic mass is 10.0. The van der Waals surface area contributed by atoms with E-state index in [-0.39, 0.29) is 11.9 Å². The Morgan fingerprint density at radius 1 is 1.32 bits per heavy atom. The summed E-state index contributed by atoms with van der Waals surface area (Å²) in [4.78, 5) is 19.0. The van der Waals surface area contributed by atoms with Crippen molar-refractivity contribution in [2.45, 2.75) is 25.8 Å². The maximum atomic E-state index is 12.8. The predicted molar refractivity (Wildman–Crippen MR) is 97.5 cm³/mol. The largest absolute Gasteiger partial charge is 0.494 e. The van der Waals surface area contributed by atoms with Gasteiger partial charge in [0.25, 0.3) is 0 Å². The van der Waals surface area contributed by atoms with Gasteiger partial charge < -0.3 is 15.0 Å². The smallest absolute Gasteiger partial charge is 0.223 e. The van der Waals surface area contributed by atoms with E-state index < -0.39 is 0 Å². The van der Waals surface area contributed by atoms with Crippen LogP contribution in [0.25, 0.3) is 0 Å². The molecule has 1 aromatic heterocycles. The van der Waals surface area contributed by atoms with Crippen LogP contribution in [0.15, 0.2) is 48.8 Å². The van der Waals surface area contributed by atoms with Crippen molar-refractivity contribution in [3.63, 3.8) is 0 Å². The van der Waals surface area contributed by atoms with Crippen molar-refractivity contribution >= 4 is 5.91 Å². The van der Waals surface area contributed by atoms with Crippen molar-refractivity contribution in [2.75, 3.05) is 26.2 Å². The van der Waals surface area contributed by atoms with Gasteiger partial charge in [0.05, 0.1) is 12.6 Å². The number of aryl methyl sites for hydroxylation is 1. The Balaban J connectivity index is 1.61. The standard InChI is InChI=1S/C20H25N3O2/c1-2-25-18-8-5-16(6-9-18)7-10-20(24)23-13-12-22-15-19(23)17-4-3-11-21-14-17/h3-6,8-9,11,14,19,22H,2,7,10,12-13,15H2,1H3. The molecule has 2 heterocycles. The molecule has 25 heavy (non-hydrogen) atoms. The molecule has 1 unspecified atom stereocenters.